The number of hydrogen-bond acceptors (Lipinski definition) is 4. The number of rotatable bonds is 6. The van der Waals surface area contributed by atoms with Gasteiger partial charge in [-0.3, -0.25) is 4.79 Å². The molecular formula is C15H19BrClN3OS. The minimum atomic E-state index is -0.126. The first-order valence-corrected chi connectivity index (χ1v) is 8.45. The second-order valence-corrected chi connectivity index (χ2v) is 6.73. The van der Waals surface area contributed by atoms with E-state index in [1.54, 1.807) is 5.38 Å². The Morgan fingerprint density at radius 3 is 2.73 bits per heavy atom. The van der Waals surface area contributed by atoms with E-state index in [4.69, 9.17) is 5.73 Å². The first kappa shape index (κ1) is 19.1. The molecule has 0 spiro atoms. The van der Waals surface area contributed by atoms with Crippen LogP contribution in [0.25, 0.3) is 0 Å². The largest absolute Gasteiger partial charge is 0.348 e. The van der Waals surface area contributed by atoms with Crippen LogP contribution in [0.15, 0.2) is 34.1 Å². The van der Waals surface area contributed by atoms with E-state index in [9.17, 15) is 4.79 Å². The molecule has 1 aromatic heterocycles. The SMILES string of the molecule is CC(Cc1ccc(Br)cc1)NC(=O)c1csc(CCN)n1.Cl. The second-order valence-electron chi connectivity index (χ2n) is 4.87. The molecule has 0 radical (unpaired) electrons. The monoisotopic (exact) mass is 403 g/mol. The van der Waals surface area contributed by atoms with Crippen molar-refractivity contribution < 1.29 is 4.79 Å². The second kappa shape index (κ2) is 9.25. The maximum Gasteiger partial charge on any atom is 0.270 e. The average molecular weight is 405 g/mol. The highest BCUT2D eigenvalue weighted by Crippen LogP contribution is 2.13. The average Bonchev–Trinajstić information content (AvgIpc) is 2.90. The van der Waals surface area contributed by atoms with Crippen molar-refractivity contribution in [1.82, 2.24) is 10.3 Å². The van der Waals surface area contributed by atoms with Crippen molar-refractivity contribution in [2.24, 2.45) is 5.73 Å². The van der Waals surface area contributed by atoms with Crippen molar-refractivity contribution >= 4 is 45.6 Å². The van der Waals surface area contributed by atoms with E-state index < -0.39 is 0 Å². The van der Waals surface area contributed by atoms with Gasteiger partial charge in [-0.15, -0.1) is 23.7 Å². The fourth-order valence-corrected chi connectivity index (χ4v) is 3.03. The fraction of sp³-hybridized carbons (Fsp3) is 0.333. The third-order valence-corrected chi connectivity index (χ3v) is 4.41. The summed E-state index contributed by atoms with van der Waals surface area (Å²) in [4.78, 5) is 16.4. The number of hydrogen-bond donors (Lipinski definition) is 2. The van der Waals surface area contributed by atoms with Crippen molar-refractivity contribution in [1.29, 1.82) is 0 Å². The lowest BCUT2D eigenvalue weighted by molar-refractivity contribution is 0.0935. The summed E-state index contributed by atoms with van der Waals surface area (Å²) in [6.45, 7) is 2.54. The molecule has 120 valence electrons. The summed E-state index contributed by atoms with van der Waals surface area (Å²) in [6.07, 6.45) is 1.51. The van der Waals surface area contributed by atoms with Crippen LogP contribution in [-0.2, 0) is 12.8 Å². The Morgan fingerprint density at radius 2 is 2.09 bits per heavy atom. The fourth-order valence-electron chi connectivity index (χ4n) is 1.98. The molecule has 0 saturated heterocycles. The van der Waals surface area contributed by atoms with Crippen molar-refractivity contribution in [3.63, 3.8) is 0 Å². The smallest absolute Gasteiger partial charge is 0.270 e. The number of benzene rings is 1. The standard InChI is InChI=1S/C15H18BrN3OS.ClH/c1-10(8-11-2-4-12(16)5-3-11)18-15(20)13-9-21-14(19-13)6-7-17;/h2-5,9-10H,6-8,17H2,1H3,(H,18,20);1H. The van der Waals surface area contributed by atoms with Crippen LogP contribution in [0.5, 0.6) is 0 Å². The van der Waals surface area contributed by atoms with Crippen LogP contribution in [-0.4, -0.2) is 23.5 Å². The molecule has 2 aromatic rings. The molecule has 0 aliphatic rings. The van der Waals surface area contributed by atoms with Crippen LogP contribution in [0, 0.1) is 0 Å². The number of thiazole rings is 1. The Hall–Kier alpha value is -0.950. The predicted octanol–water partition coefficient (Wildman–Crippen LogP) is 3.19. The van der Waals surface area contributed by atoms with Gasteiger partial charge in [-0.25, -0.2) is 4.98 Å². The topological polar surface area (TPSA) is 68.0 Å². The van der Waals surface area contributed by atoms with Gasteiger partial charge in [0.15, 0.2) is 0 Å². The third-order valence-electron chi connectivity index (χ3n) is 2.98. The van der Waals surface area contributed by atoms with Gasteiger partial charge in [0.25, 0.3) is 5.91 Å². The van der Waals surface area contributed by atoms with Crippen molar-refractivity contribution in [2.45, 2.75) is 25.8 Å². The van der Waals surface area contributed by atoms with Crippen LogP contribution in [0.1, 0.15) is 28.0 Å². The van der Waals surface area contributed by atoms with E-state index in [2.05, 4.69) is 38.4 Å². The highest BCUT2D eigenvalue weighted by molar-refractivity contribution is 9.10. The van der Waals surface area contributed by atoms with Gasteiger partial charge in [-0.1, -0.05) is 28.1 Å². The summed E-state index contributed by atoms with van der Waals surface area (Å²) in [7, 11) is 0. The molecule has 4 nitrogen and oxygen atoms in total. The Labute approximate surface area is 149 Å². The predicted molar refractivity (Wildman–Crippen MR) is 96.9 cm³/mol. The van der Waals surface area contributed by atoms with Gasteiger partial charge < -0.3 is 11.1 Å². The van der Waals surface area contributed by atoms with Gasteiger partial charge in [0.1, 0.15) is 5.69 Å². The molecule has 1 aromatic carbocycles. The van der Waals surface area contributed by atoms with E-state index >= 15 is 0 Å². The molecule has 0 fully saturated rings. The lowest BCUT2D eigenvalue weighted by Gasteiger charge is -2.13. The number of carbonyl (C=O) groups is 1. The van der Waals surface area contributed by atoms with E-state index in [1.807, 2.05) is 19.1 Å². The molecule has 0 aliphatic carbocycles. The van der Waals surface area contributed by atoms with Crippen LogP contribution < -0.4 is 11.1 Å². The van der Waals surface area contributed by atoms with E-state index in [0.29, 0.717) is 18.7 Å². The lowest BCUT2D eigenvalue weighted by atomic mass is 10.1. The highest BCUT2D eigenvalue weighted by Gasteiger charge is 2.13. The molecule has 22 heavy (non-hydrogen) atoms. The van der Waals surface area contributed by atoms with E-state index in [1.165, 1.54) is 16.9 Å². The van der Waals surface area contributed by atoms with E-state index in [-0.39, 0.29) is 24.4 Å². The Morgan fingerprint density at radius 1 is 1.41 bits per heavy atom. The highest BCUT2D eigenvalue weighted by atomic mass is 79.9. The minimum absolute atomic E-state index is 0. The zero-order valence-electron chi connectivity index (χ0n) is 12.2. The Kier molecular flexibility index (Phi) is 8.03. The molecule has 1 heterocycles. The number of aromatic nitrogens is 1. The number of carbonyl (C=O) groups excluding carboxylic acids is 1. The summed E-state index contributed by atoms with van der Waals surface area (Å²) in [5.41, 5.74) is 7.15. The van der Waals surface area contributed by atoms with E-state index in [0.717, 1.165) is 15.9 Å². The normalized spacial score (nSPS) is 11.6. The van der Waals surface area contributed by atoms with Crippen LogP contribution in [0.3, 0.4) is 0 Å². The van der Waals surface area contributed by atoms with Crippen molar-refractivity contribution in [3.05, 3.63) is 50.4 Å². The van der Waals surface area contributed by atoms with Crippen molar-refractivity contribution in [2.75, 3.05) is 6.54 Å². The summed E-state index contributed by atoms with van der Waals surface area (Å²) in [6, 6.07) is 8.16. The lowest BCUT2D eigenvalue weighted by Crippen LogP contribution is -2.34. The maximum atomic E-state index is 12.1. The number of nitrogens with zero attached hydrogens (tertiary/aromatic N) is 1. The minimum Gasteiger partial charge on any atom is -0.348 e. The first-order chi connectivity index (χ1) is 10.1. The molecule has 0 aliphatic heterocycles. The van der Waals surface area contributed by atoms with Gasteiger partial charge in [-0.2, -0.15) is 0 Å². The third kappa shape index (κ3) is 5.68. The van der Waals surface area contributed by atoms with Crippen LogP contribution >= 0.6 is 39.7 Å². The number of amides is 1. The van der Waals surface area contributed by atoms with Crippen molar-refractivity contribution in [3.8, 4) is 0 Å². The molecule has 3 N–H and O–H groups in total. The molecule has 1 unspecified atom stereocenters. The summed E-state index contributed by atoms with van der Waals surface area (Å²) >= 11 is 4.89. The molecule has 1 atom stereocenters. The van der Waals surface area contributed by atoms with Gasteiger partial charge in [0.2, 0.25) is 0 Å². The Bertz CT molecular complexity index is 603. The van der Waals surface area contributed by atoms with Gasteiger partial charge in [0, 0.05) is 22.3 Å². The molecule has 2 rings (SSSR count). The molecule has 1 amide bonds. The maximum absolute atomic E-state index is 12.1. The molecule has 0 bridgehead atoms. The quantitative estimate of drug-likeness (QED) is 0.777. The number of nitrogens with one attached hydrogen (secondary N) is 1. The van der Waals surface area contributed by atoms with Gasteiger partial charge >= 0.3 is 0 Å². The van der Waals surface area contributed by atoms with Gasteiger partial charge in [0.05, 0.1) is 5.01 Å². The molecule has 0 saturated carbocycles. The van der Waals surface area contributed by atoms with Crippen LogP contribution in [0.2, 0.25) is 0 Å². The zero-order valence-corrected chi connectivity index (χ0v) is 15.4. The van der Waals surface area contributed by atoms with Gasteiger partial charge in [-0.05, 0) is 37.6 Å². The summed E-state index contributed by atoms with van der Waals surface area (Å²) < 4.78 is 1.05. The molecular weight excluding hydrogens is 386 g/mol. The molecule has 7 heteroatoms. The summed E-state index contributed by atoms with van der Waals surface area (Å²) in [5, 5.41) is 5.67. The number of halogens is 2. The summed E-state index contributed by atoms with van der Waals surface area (Å²) in [5.74, 6) is -0.126. The zero-order chi connectivity index (χ0) is 15.2. The number of nitrogens with two attached hydrogens (primary N) is 1. The van der Waals surface area contributed by atoms with Crippen LogP contribution in [0.4, 0.5) is 0 Å². The Balaban J connectivity index is 0.00000242. The first-order valence-electron chi connectivity index (χ1n) is 6.78.